The average molecular weight is 202 g/mol. The van der Waals surface area contributed by atoms with Gasteiger partial charge in [-0.3, -0.25) is 0 Å². The van der Waals surface area contributed by atoms with Gasteiger partial charge >= 0.3 is 6.03 Å². The highest BCUT2D eigenvalue weighted by Gasteiger charge is 2.39. The summed E-state index contributed by atoms with van der Waals surface area (Å²) >= 11 is 0. The topological polar surface area (TPSA) is 32.3 Å². The Morgan fingerprint density at radius 1 is 1.33 bits per heavy atom. The van der Waals surface area contributed by atoms with Crippen molar-refractivity contribution >= 4 is 11.7 Å². The molecule has 15 heavy (non-hydrogen) atoms. The number of benzene rings is 1. The molecule has 2 aliphatic rings. The van der Waals surface area contributed by atoms with E-state index in [1.807, 2.05) is 23.1 Å². The molecule has 0 aromatic heterocycles. The first kappa shape index (κ1) is 8.77. The second kappa shape index (κ2) is 2.99. The van der Waals surface area contributed by atoms with Gasteiger partial charge in [-0.05, 0) is 31.4 Å². The highest BCUT2D eigenvalue weighted by Crippen LogP contribution is 2.39. The van der Waals surface area contributed by atoms with Crippen LogP contribution in [0.2, 0.25) is 0 Å². The number of hydrogen-bond donors (Lipinski definition) is 1. The molecule has 1 saturated carbocycles. The van der Waals surface area contributed by atoms with Gasteiger partial charge in [-0.2, -0.15) is 0 Å². The van der Waals surface area contributed by atoms with Crippen molar-refractivity contribution < 1.29 is 4.79 Å². The zero-order valence-electron chi connectivity index (χ0n) is 8.73. The summed E-state index contributed by atoms with van der Waals surface area (Å²) in [5.74, 6) is 0. The van der Waals surface area contributed by atoms with E-state index in [-0.39, 0.29) is 12.1 Å². The number of carbonyl (C=O) groups excluding carboxylic acids is 1. The molecule has 1 atom stereocenters. The lowest BCUT2D eigenvalue weighted by atomic mass is 10.0. The van der Waals surface area contributed by atoms with E-state index in [4.69, 9.17) is 0 Å². The third-order valence-corrected chi connectivity index (χ3v) is 3.24. The van der Waals surface area contributed by atoms with Crippen LogP contribution < -0.4 is 5.32 Å². The molecule has 0 saturated heterocycles. The maximum Gasteiger partial charge on any atom is 0.322 e. The predicted octanol–water partition coefficient (Wildman–Crippen LogP) is 2.76. The van der Waals surface area contributed by atoms with Gasteiger partial charge in [0.05, 0.1) is 6.04 Å². The summed E-state index contributed by atoms with van der Waals surface area (Å²) in [5.41, 5.74) is 2.19. The van der Waals surface area contributed by atoms with Crippen LogP contribution in [0.25, 0.3) is 0 Å². The summed E-state index contributed by atoms with van der Waals surface area (Å²) in [7, 11) is 0. The normalized spacial score (nSPS) is 24.7. The van der Waals surface area contributed by atoms with Crippen LogP contribution in [0.3, 0.4) is 0 Å². The third kappa shape index (κ3) is 1.30. The molecular formula is C12H14N2O. The van der Waals surface area contributed by atoms with E-state index in [1.54, 1.807) is 0 Å². The van der Waals surface area contributed by atoms with Gasteiger partial charge in [-0.1, -0.05) is 18.2 Å². The van der Waals surface area contributed by atoms with E-state index in [0.29, 0.717) is 6.04 Å². The van der Waals surface area contributed by atoms with Gasteiger partial charge in [-0.15, -0.1) is 0 Å². The standard InChI is InChI=1S/C12H14N2O/c1-8-10-4-2-3-5-11(10)13-12(15)14(8)9-6-7-9/h2-5,8-9H,6-7H2,1H3,(H,13,15). The monoisotopic (exact) mass is 202 g/mol. The van der Waals surface area contributed by atoms with Crippen LogP contribution in [0.1, 0.15) is 31.4 Å². The van der Waals surface area contributed by atoms with Gasteiger partial charge in [0.1, 0.15) is 0 Å². The maximum atomic E-state index is 11.9. The van der Waals surface area contributed by atoms with E-state index >= 15 is 0 Å². The van der Waals surface area contributed by atoms with E-state index in [1.165, 1.54) is 5.56 Å². The molecule has 3 rings (SSSR count). The predicted molar refractivity (Wildman–Crippen MR) is 58.7 cm³/mol. The Bertz CT molecular complexity index is 412. The molecule has 1 aromatic rings. The van der Waals surface area contributed by atoms with Crippen LogP contribution in [0, 0.1) is 0 Å². The number of nitrogens with zero attached hydrogens (tertiary/aromatic N) is 1. The average Bonchev–Trinajstić information content (AvgIpc) is 3.02. The Morgan fingerprint density at radius 2 is 2.07 bits per heavy atom. The molecule has 1 aliphatic carbocycles. The highest BCUT2D eigenvalue weighted by atomic mass is 16.2. The molecule has 0 bridgehead atoms. The molecule has 3 heteroatoms. The molecule has 1 aliphatic heterocycles. The number of amides is 2. The molecule has 3 nitrogen and oxygen atoms in total. The number of nitrogens with one attached hydrogen (secondary N) is 1. The largest absolute Gasteiger partial charge is 0.322 e. The Balaban J connectivity index is 2.02. The van der Waals surface area contributed by atoms with Crippen LogP contribution in [-0.4, -0.2) is 17.0 Å². The van der Waals surface area contributed by atoms with Crippen LogP contribution in [0.15, 0.2) is 24.3 Å². The quantitative estimate of drug-likeness (QED) is 0.746. The first-order valence-electron chi connectivity index (χ1n) is 5.45. The Hall–Kier alpha value is -1.51. The second-order valence-corrected chi connectivity index (χ2v) is 4.33. The van der Waals surface area contributed by atoms with Gasteiger partial charge in [0.25, 0.3) is 0 Å². The van der Waals surface area contributed by atoms with Crippen molar-refractivity contribution in [1.29, 1.82) is 0 Å². The Kier molecular flexibility index (Phi) is 1.75. The second-order valence-electron chi connectivity index (χ2n) is 4.33. The summed E-state index contributed by atoms with van der Waals surface area (Å²) in [4.78, 5) is 13.8. The van der Waals surface area contributed by atoms with Gasteiger partial charge < -0.3 is 10.2 Å². The molecule has 1 heterocycles. The van der Waals surface area contributed by atoms with Crippen molar-refractivity contribution in [3.8, 4) is 0 Å². The van der Waals surface area contributed by atoms with Crippen molar-refractivity contribution in [3.05, 3.63) is 29.8 Å². The van der Waals surface area contributed by atoms with Crippen LogP contribution in [0.5, 0.6) is 0 Å². The minimum atomic E-state index is 0.0590. The maximum absolute atomic E-state index is 11.9. The number of para-hydroxylation sites is 1. The highest BCUT2D eigenvalue weighted by molar-refractivity contribution is 5.93. The van der Waals surface area contributed by atoms with Crippen LogP contribution >= 0.6 is 0 Å². The van der Waals surface area contributed by atoms with Crippen molar-refractivity contribution in [2.24, 2.45) is 0 Å². The van der Waals surface area contributed by atoms with Gasteiger partial charge in [0.15, 0.2) is 0 Å². The summed E-state index contributed by atoms with van der Waals surface area (Å²) < 4.78 is 0. The Labute approximate surface area is 89.1 Å². The molecule has 1 N–H and O–H groups in total. The number of rotatable bonds is 1. The molecule has 2 amide bonds. The molecular weight excluding hydrogens is 188 g/mol. The smallest absolute Gasteiger partial charge is 0.315 e. The van der Waals surface area contributed by atoms with Crippen molar-refractivity contribution in [2.75, 3.05) is 5.32 Å². The third-order valence-electron chi connectivity index (χ3n) is 3.24. The molecule has 0 spiro atoms. The first-order valence-corrected chi connectivity index (χ1v) is 5.45. The molecule has 1 fully saturated rings. The summed E-state index contributed by atoms with van der Waals surface area (Å²) in [5, 5.41) is 2.95. The van der Waals surface area contributed by atoms with E-state index in [9.17, 15) is 4.79 Å². The number of carbonyl (C=O) groups is 1. The summed E-state index contributed by atoms with van der Waals surface area (Å²) in [6.45, 7) is 2.11. The lowest BCUT2D eigenvalue weighted by Gasteiger charge is -2.35. The fourth-order valence-electron chi connectivity index (χ4n) is 2.32. The van der Waals surface area contributed by atoms with E-state index in [0.717, 1.165) is 18.5 Å². The minimum Gasteiger partial charge on any atom is -0.315 e. The van der Waals surface area contributed by atoms with E-state index in [2.05, 4.69) is 18.3 Å². The number of fused-ring (bicyclic) bond motifs is 1. The molecule has 1 unspecified atom stereocenters. The lowest BCUT2D eigenvalue weighted by Crippen LogP contribution is -2.42. The molecule has 1 aromatic carbocycles. The number of urea groups is 1. The van der Waals surface area contributed by atoms with Gasteiger partial charge in [0.2, 0.25) is 0 Å². The van der Waals surface area contributed by atoms with Crippen LogP contribution in [-0.2, 0) is 0 Å². The number of hydrogen-bond acceptors (Lipinski definition) is 1. The Morgan fingerprint density at radius 3 is 2.80 bits per heavy atom. The summed E-state index contributed by atoms with van der Waals surface area (Å²) in [6, 6.07) is 8.78. The van der Waals surface area contributed by atoms with E-state index < -0.39 is 0 Å². The van der Waals surface area contributed by atoms with Crippen molar-refractivity contribution in [1.82, 2.24) is 4.90 Å². The van der Waals surface area contributed by atoms with Crippen molar-refractivity contribution in [3.63, 3.8) is 0 Å². The zero-order chi connectivity index (χ0) is 10.4. The zero-order valence-corrected chi connectivity index (χ0v) is 8.73. The molecule has 0 radical (unpaired) electrons. The van der Waals surface area contributed by atoms with Gasteiger partial charge in [-0.25, -0.2) is 4.79 Å². The minimum absolute atomic E-state index is 0.0590. The number of anilines is 1. The fourth-order valence-corrected chi connectivity index (χ4v) is 2.32. The lowest BCUT2D eigenvalue weighted by molar-refractivity contribution is 0.185. The van der Waals surface area contributed by atoms with Gasteiger partial charge in [0, 0.05) is 11.7 Å². The fraction of sp³-hybridized carbons (Fsp3) is 0.417. The SMILES string of the molecule is CC1c2ccccc2NC(=O)N1C1CC1. The van der Waals surface area contributed by atoms with Crippen molar-refractivity contribution in [2.45, 2.75) is 31.8 Å². The summed E-state index contributed by atoms with van der Waals surface area (Å²) in [6.07, 6.45) is 2.31. The van der Waals surface area contributed by atoms with Crippen LogP contribution in [0.4, 0.5) is 10.5 Å². The molecule has 78 valence electrons. The first-order chi connectivity index (χ1) is 7.27.